The molecule has 2 heterocycles. The van der Waals surface area contributed by atoms with Gasteiger partial charge in [0.25, 0.3) is 0 Å². The molecule has 0 aromatic heterocycles. The fraction of sp³-hybridized carbons (Fsp3) is 0.944. The Hall–Kier alpha value is -0.0800. The van der Waals surface area contributed by atoms with Crippen LogP contribution in [0.15, 0.2) is 4.99 Å². The Labute approximate surface area is 164 Å². The first-order valence-corrected chi connectivity index (χ1v) is 9.54. The smallest absolute Gasteiger partial charge is 0.193 e. The molecular formula is C18H35IN4O. The molecule has 0 bridgehead atoms. The minimum atomic E-state index is 0. The van der Waals surface area contributed by atoms with E-state index in [9.17, 15) is 0 Å². The van der Waals surface area contributed by atoms with Crippen LogP contribution in [0, 0.1) is 5.41 Å². The zero-order valence-electron chi connectivity index (χ0n) is 15.4. The zero-order chi connectivity index (χ0) is 16.1. The lowest BCUT2D eigenvalue weighted by Crippen LogP contribution is -2.42. The number of likely N-dealkylation sites (tertiary alicyclic amines) is 1. The summed E-state index contributed by atoms with van der Waals surface area (Å²) in [5.41, 5.74) is 0.400. The number of nitrogens with zero attached hydrogens (tertiary/aromatic N) is 3. The molecule has 0 aromatic carbocycles. The van der Waals surface area contributed by atoms with Crippen molar-refractivity contribution in [1.29, 1.82) is 0 Å². The van der Waals surface area contributed by atoms with E-state index in [0.29, 0.717) is 5.41 Å². The minimum Gasteiger partial charge on any atom is -0.381 e. The molecule has 1 unspecified atom stereocenters. The van der Waals surface area contributed by atoms with Gasteiger partial charge >= 0.3 is 0 Å². The highest BCUT2D eigenvalue weighted by Crippen LogP contribution is 2.38. The number of guanidine groups is 1. The monoisotopic (exact) mass is 450 g/mol. The van der Waals surface area contributed by atoms with E-state index in [1.165, 1.54) is 38.5 Å². The van der Waals surface area contributed by atoms with Crippen LogP contribution in [0.1, 0.15) is 45.4 Å². The van der Waals surface area contributed by atoms with Gasteiger partial charge in [0.1, 0.15) is 0 Å². The van der Waals surface area contributed by atoms with Gasteiger partial charge in [-0.1, -0.05) is 12.8 Å². The van der Waals surface area contributed by atoms with Crippen LogP contribution in [0.25, 0.3) is 0 Å². The highest BCUT2D eigenvalue weighted by molar-refractivity contribution is 14.0. The fourth-order valence-electron chi connectivity index (χ4n) is 4.35. The van der Waals surface area contributed by atoms with Gasteiger partial charge in [0.05, 0.1) is 13.2 Å². The van der Waals surface area contributed by atoms with E-state index in [-0.39, 0.29) is 24.0 Å². The van der Waals surface area contributed by atoms with Gasteiger partial charge < -0.3 is 19.9 Å². The number of ether oxygens (including phenoxy) is 1. The Morgan fingerprint density at radius 3 is 2.79 bits per heavy atom. The molecule has 24 heavy (non-hydrogen) atoms. The lowest BCUT2D eigenvalue weighted by Gasteiger charge is -2.26. The van der Waals surface area contributed by atoms with Gasteiger partial charge in [0.2, 0.25) is 0 Å². The Bertz CT molecular complexity index is 406. The summed E-state index contributed by atoms with van der Waals surface area (Å²) in [6.45, 7) is 9.17. The Morgan fingerprint density at radius 1 is 1.33 bits per heavy atom. The second-order valence-corrected chi connectivity index (χ2v) is 7.63. The Kier molecular flexibility index (Phi) is 8.07. The van der Waals surface area contributed by atoms with Crippen molar-refractivity contribution in [2.24, 2.45) is 10.4 Å². The third-order valence-corrected chi connectivity index (χ3v) is 5.92. The van der Waals surface area contributed by atoms with E-state index in [4.69, 9.17) is 9.73 Å². The lowest BCUT2D eigenvalue weighted by molar-refractivity contribution is 0.156. The van der Waals surface area contributed by atoms with Crippen LogP contribution in [-0.2, 0) is 4.74 Å². The summed E-state index contributed by atoms with van der Waals surface area (Å²) >= 11 is 0. The number of halogens is 1. The predicted molar refractivity (Wildman–Crippen MR) is 110 cm³/mol. The van der Waals surface area contributed by atoms with Crippen molar-refractivity contribution in [3.05, 3.63) is 0 Å². The van der Waals surface area contributed by atoms with Gasteiger partial charge in [0, 0.05) is 44.2 Å². The molecule has 3 aliphatic rings. The summed E-state index contributed by atoms with van der Waals surface area (Å²) in [6.07, 6.45) is 8.01. The molecule has 6 heteroatoms. The van der Waals surface area contributed by atoms with Gasteiger partial charge in [-0.15, -0.1) is 24.0 Å². The van der Waals surface area contributed by atoms with Crippen molar-refractivity contribution in [2.75, 3.05) is 53.0 Å². The van der Waals surface area contributed by atoms with E-state index >= 15 is 0 Å². The maximum atomic E-state index is 5.65. The van der Waals surface area contributed by atoms with Gasteiger partial charge in [0.15, 0.2) is 5.96 Å². The summed E-state index contributed by atoms with van der Waals surface area (Å²) in [5, 5.41) is 3.49. The van der Waals surface area contributed by atoms with Crippen molar-refractivity contribution in [2.45, 2.75) is 51.5 Å². The summed E-state index contributed by atoms with van der Waals surface area (Å²) in [6, 6.07) is 0.790. The van der Waals surface area contributed by atoms with Crippen LogP contribution < -0.4 is 5.32 Å². The number of hydrogen-bond acceptors (Lipinski definition) is 3. The molecule has 1 saturated carbocycles. The summed E-state index contributed by atoms with van der Waals surface area (Å²) in [4.78, 5) is 9.87. The molecule has 1 atom stereocenters. The highest BCUT2D eigenvalue weighted by atomic mass is 127. The maximum Gasteiger partial charge on any atom is 0.193 e. The molecule has 3 rings (SSSR count). The van der Waals surface area contributed by atoms with Crippen LogP contribution in [0.4, 0.5) is 0 Å². The van der Waals surface area contributed by atoms with Crippen LogP contribution in [0.5, 0.6) is 0 Å². The number of nitrogens with one attached hydrogen (secondary N) is 1. The molecule has 0 amide bonds. The predicted octanol–water partition coefficient (Wildman–Crippen LogP) is 2.56. The second-order valence-electron chi connectivity index (χ2n) is 7.63. The fourth-order valence-corrected chi connectivity index (χ4v) is 4.35. The van der Waals surface area contributed by atoms with E-state index in [2.05, 4.69) is 29.1 Å². The van der Waals surface area contributed by atoms with Crippen molar-refractivity contribution in [3.63, 3.8) is 0 Å². The third kappa shape index (κ3) is 4.97. The van der Waals surface area contributed by atoms with Crippen molar-refractivity contribution in [1.82, 2.24) is 15.1 Å². The Morgan fingerprint density at radius 2 is 2.12 bits per heavy atom. The average Bonchev–Trinajstić information content (AvgIpc) is 3.29. The number of likely N-dealkylation sites (N-methyl/N-ethyl adjacent to an activating group) is 1. The first kappa shape index (κ1) is 20.2. The first-order chi connectivity index (χ1) is 11.2. The highest BCUT2D eigenvalue weighted by Gasteiger charge is 2.42. The molecule has 0 aromatic rings. The Balaban J connectivity index is 0.00000208. The van der Waals surface area contributed by atoms with Crippen LogP contribution >= 0.6 is 24.0 Å². The van der Waals surface area contributed by atoms with Gasteiger partial charge in [-0.25, -0.2) is 0 Å². The van der Waals surface area contributed by atoms with Crippen molar-refractivity contribution < 1.29 is 4.74 Å². The van der Waals surface area contributed by atoms with Crippen LogP contribution in [0.2, 0.25) is 0 Å². The van der Waals surface area contributed by atoms with Crippen LogP contribution in [-0.4, -0.2) is 74.8 Å². The number of aliphatic imine (C=N–C) groups is 1. The molecule has 3 fully saturated rings. The zero-order valence-corrected chi connectivity index (χ0v) is 17.8. The van der Waals surface area contributed by atoms with Gasteiger partial charge in [-0.2, -0.15) is 0 Å². The number of hydrogen-bond donors (Lipinski definition) is 1. The number of rotatable bonds is 5. The van der Waals surface area contributed by atoms with Crippen molar-refractivity contribution >= 4 is 29.9 Å². The molecule has 2 aliphatic heterocycles. The van der Waals surface area contributed by atoms with Crippen molar-refractivity contribution in [3.8, 4) is 0 Å². The molecule has 140 valence electrons. The molecule has 1 aliphatic carbocycles. The molecule has 0 radical (unpaired) electrons. The quantitative estimate of drug-likeness (QED) is 0.397. The maximum absolute atomic E-state index is 5.65. The lowest BCUT2D eigenvalue weighted by atomic mass is 9.87. The first-order valence-electron chi connectivity index (χ1n) is 9.54. The molecular weight excluding hydrogens is 415 g/mol. The van der Waals surface area contributed by atoms with E-state index in [1.807, 2.05) is 0 Å². The molecule has 1 N–H and O–H groups in total. The molecule has 2 saturated heterocycles. The normalized spacial score (nSPS) is 28.1. The topological polar surface area (TPSA) is 40.1 Å². The average molecular weight is 450 g/mol. The third-order valence-electron chi connectivity index (χ3n) is 5.92. The second kappa shape index (κ2) is 9.57. The summed E-state index contributed by atoms with van der Waals surface area (Å²) in [5.74, 6) is 1.11. The standard InChI is InChI=1S/C18H34N4O.HI/c1-3-19-17(20-10-12-21(2)16-6-4-5-7-16)22-11-8-18(14-22)9-13-23-15-18;/h16H,3-15H2,1-2H3,(H,19,20);1H. The van der Waals surface area contributed by atoms with Crippen LogP contribution in [0.3, 0.4) is 0 Å². The molecule has 5 nitrogen and oxygen atoms in total. The van der Waals surface area contributed by atoms with E-state index in [0.717, 1.165) is 57.9 Å². The SMILES string of the molecule is CCNC(=NCCN(C)C1CCCC1)N1CCC2(CCOC2)C1.I. The van der Waals surface area contributed by atoms with E-state index in [1.54, 1.807) is 0 Å². The minimum absolute atomic E-state index is 0. The molecule has 1 spiro atoms. The van der Waals surface area contributed by atoms with Gasteiger partial charge in [-0.3, -0.25) is 4.99 Å². The summed E-state index contributed by atoms with van der Waals surface area (Å²) in [7, 11) is 2.26. The van der Waals surface area contributed by atoms with Gasteiger partial charge in [-0.05, 0) is 39.7 Å². The largest absolute Gasteiger partial charge is 0.381 e. The van der Waals surface area contributed by atoms with E-state index < -0.39 is 0 Å². The summed E-state index contributed by atoms with van der Waals surface area (Å²) < 4.78 is 5.65.